The van der Waals surface area contributed by atoms with Gasteiger partial charge in [-0.1, -0.05) is 29.5 Å². The van der Waals surface area contributed by atoms with E-state index in [2.05, 4.69) is 10.2 Å². The van der Waals surface area contributed by atoms with E-state index in [1.165, 1.54) is 11.3 Å². The van der Waals surface area contributed by atoms with Crippen LogP contribution in [0.3, 0.4) is 0 Å². The van der Waals surface area contributed by atoms with Gasteiger partial charge < -0.3 is 5.73 Å². The maximum absolute atomic E-state index is 12.5. The largest absolute Gasteiger partial charge is 0.374 e. The number of nitrogens with zero attached hydrogens (tertiary/aromatic N) is 3. The van der Waals surface area contributed by atoms with Crippen LogP contribution in [0, 0.1) is 0 Å². The number of nitrogens with two attached hydrogens (primary N) is 1. The molecule has 6 nitrogen and oxygen atoms in total. The van der Waals surface area contributed by atoms with Crippen LogP contribution >= 0.6 is 11.3 Å². The molecule has 1 aromatic heterocycles. The van der Waals surface area contributed by atoms with Crippen LogP contribution in [0.25, 0.3) is 0 Å². The first-order valence-electron chi connectivity index (χ1n) is 6.71. The quantitative estimate of drug-likeness (QED) is 0.928. The van der Waals surface area contributed by atoms with Crippen LogP contribution in [-0.4, -0.2) is 36.0 Å². The average Bonchev–Trinajstić information content (AvgIpc) is 2.95. The molecule has 0 bridgehead atoms. The highest BCUT2D eigenvalue weighted by Gasteiger charge is 2.31. The van der Waals surface area contributed by atoms with Crippen LogP contribution in [0.2, 0.25) is 0 Å². The number of piperidine rings is 1. The average molecular weight is 324 g/mol. The number of hydrogen-bond donors (Lipinski definition) is 1. The molecule has 112 valence electrons. The summed E-state index contributed by atoms with van der Waals surface area (Å²) in [6.45, 7) is 1.00. The van der Waals surface area contributed by atoms with E-state index in [-0.39, 0.29) is 5.92 Å². The summed E-state index contributed by atoms with van der Waals surface area (Å²) >= 11 is 1.39. The molecule has 0 atom stereocenters. The maximum atomic E-state index is 12.5. The van der Waals surface area contributed by atoms with Crippen LogP contribution in [0.1, 0.15) is 23.8 Å². The normalized spacial score (nSPS) is 17.9. The van der Waals surface area contributed by atoms with Gasteiger partial charge in [0.25, 0.3) is 0 Å². The summed E-state index contributed by atoms with van der Waals surface area (Å²) < 4.78 is 26.6. The van der Waals surface area contributed by atoms with E-state index >= 15 is 0 Å². The third-order valence-corrected chi connectivity index (χ3v) is 6.47. The predicted molar refractivity (Wildman–Crippen MR) is 81.5 cm³/mol. The first-order valence-corrected chi connectivity index (χ1v) is 8.97. The van der Waals surface area contributed by atoms with Crippen molar-refractivity contribution < 1.29 is 8.42 Å². The highest BCUT2D eigenvalue weighted by molar-refractivity contribution is 7.89. The predicted octanol–water partition coefficient (Wildman–Crippen LogP) is 1.69. The molecule has 0 saturated carbocycles. The molecule has 2 aromatic rings. The zero-order chi connectivity index (χ0) is 14.9. The highest BCUT2D eigenvalue weighted by Crippen LogP contribution is 2.32. The van der Waals surface area contributed by atoms with E-state index in [1.54, 1.807) is 28.6 Å². The number of rotatable bonds is 3. The van der Waals surface area contributed by atoms with Gasteiger partial charge in [0.15, 0.2) is 0 Å². The second kappa shape index (κ2) is 5.70. The van der Waals surface area contributed by atoms with E-state index < -0.39 is 10.0 Å². The lowest BCUT2D eigenvalue weighted by Gasteiger charge is -2.30. The van der Waals surface area contributed by atoms with Gasteiger partial charge in [-0.2, -0.15) is 4.31 Å². The number of benzene rings is 1. The second-order valence-electron chi connectivity index (χ2n) is 4.97. The Morgan fingerprint density at radius 1 is 1.14 bits per heavy atom. The fourth-order valence-corrected chi connectivity index (χ4v) is 4.77. The summed E-state index contributed by atoms with van der Waals surface area (Å²) in [5, 5.41) is 9.25. The van der Waals surface area contributed by atoms with Gasteiger partial charge in [-0.25, -0.2) is 8.42 Å². The van der Waals surface area contributed by atoms with Gasteiger partial charge in [0.1, 0.15) is 5.01 Å². The van der Waals surface area contributed by atoms with E-state index in [1.807, 2.05) is 6.07 Å². The molecule has 0 unspecified atom stereocenters. The number of aromatic nitrogens is 2. The minimum atomic E-state index is -3.39. The van der Waals surface area contributed by atoms with Gasteiger partial charge in [-0.05, 0) is 25.0 Å². The molecule has 1 aliphatic rings. The summed E-state index contributed by atoms with van der Waals surface area (Å²) in [6.07, 6.45) is 1.50. The first kappa shape index (κ1) is 14.4. The van der Waals surface area contributed by atoms with Crippen molar-refractivity contribution in [2.45, 2.75) is 23.7 Å². The lowest BCUT2D eigenvalue weighted by atomic mass is 9.99. The van der Waals surface area contributed by atoms with Crippen molar-refractivity contribution in [3.05, 3.63) is 35.3 Å². The third-order valence-electron chi connectivity index (χ3n) is 3.64. The van der Waals surface area contributed by atoms with Crippen molar-refractivity contribution in [2.24, 2.45) is 0 Å². The lowest BCUT2D eigenvalue weighted by molar-refractivity contribution is 0.318. The van der Waals surface area contributed by atoms with Gasteiger partial charge in [0, 0.05) is 19.0 Å². The Morgan fingerprint density at radius 3 is 2.38 bits per heavy atom. The second-order valence-corrected chi connectivity index (χ2v) is 7.95. The smallest absolute Gasteiger partial charge is 0.243 e. The molecule has 0 amide bonds. The Morgan fingerprint density at radius 2 is 1.81 bits per heavy atom. The number of hydrogen-bond acceptors (Lipinski definition) is 6. The Labute approximate surface area is 127 Å². The first-order chi connectivity index (χ1) is 10.1. The van der Waals surface area contributed by atoms with Gasteiger partial charge in [-0.15, -0.1) is 10.2 Å². The molecule has 0 radical (unpaired) electrons. The Hall–Kier alpha value is -1.51. The van der Waals surface area contributed by atoms with E-state index in [0.29, 0.717) is 23.1 Å². The molecule has 1 aromatic carbocycles. The van der Waals surface area contributed by atoms with Gasteiger partial charge in [0.2, 0.25) is 15.2 Å². The van der Waals surface area contributed by atoms with E-state index in [9.17, 15) is 8.42 Å². The Kier molecular flexibility index (Phi) is 3.92. The van der Waals surface area contributed by atoms with Crippen molar-refractivity contribution in [3.8, 4) is 0 Å². The maximum Gasteiger partial charge on any atom is 0.243 e. The minimum Gasteiger partial charge on any atom is -0.374 e. The standard InChI is InChI=1S/C13H16N4O2S2/c14-13-16-15-12(20-13)10-6-8-17(9-7-10)21(18,19)11-4-2-1-3-5-11/h1-5,10H,6-9H2,(H2,14,16). The molecule has 8 heteroatoms. The van der Waals surface area contributed by atoms with E-state index in [0.717, 1.165) is 17.8 Å². The van der Waals surface area contributed by atoms with Crippen molar-refractivity contribution in [2.75, 3.05) is 18.8 Å². The highest BCUT2D eigenvalue weighted by atomic mass is 32.2. The molecule has 3 rings (SSSR count). The van der Waals surface area contributed by atoms with Crippen LogP contribution in [0.4, 0.5) is 5.13 Å². The molecule has 1 saturated heterocycles. The van der Waals surface area contributed by atoms with Crippen molar-refractivity contribution in [3.63, 3.8) is 0 Å². The minimum absolute atomic E-state index is 0.252. The van der Waals surface area contributed by atoms with Crippen molar-refractivity contribution >= 4 is 26.5 Å². The summed E-state index contributed by atoms with van der Waals surface area (Å²) in [7, 11) is -3.39. The van der Waals surface area contributed by atoms with Crippen LogP contribution in [0.5, 0.6) is 0 Å². The van der Waals surface area contributed by atoms with Crippen LogP contribution in [0.15, 0.2) is 35.2 Å². The van der Waals surface area contributed by atoms with Gasteiger partial charge in [0.05, 0.1) is 4.90 Å². The molecule has 2 N–H and O–H groups in total. The number of nitrogen functional groups attached to an aromatic ring is 1. The zero-order valence-electron chi connectivity index (χ0n) is 11.3. The zero-order valence-corrected chi connectivity index (χ0v) is 13.0. The summed E-state index contributed by atoms with van der Waals surface area (Å²) in [6, 6.07) is 8.55. The molecule has 1 aliphatic heterocycles. The van der Waals surface area contributed by atoms with Crippen molar-refractivity contribution in [1.82, 2.24) is 14.5 Å². The lowest BCUT2D eigenvalue weighted by Crippen LogP contribution is -2.37. The fraction of sp³-hybridized carbons (Fsp3) is 0.385. The third kappa shape index (κ3) is 2.92. The van der Waals surface area contributed by atoms with Crippen LogP contribution < -0.4 is 5.73 Å². The van der Waals surface area contributed by atoms with E-state index in [4.69, 9.17) is 5.73 Å². The molecular weight excluding hydrogens is 308 g/mol. The summed E-state index contributed by atoms with van der Waals surface area (Å²) in [5.41, 5.74) is 5.60. The Balaban J connectivity index is 1.71. The summed E-state index contributed by atoms with van der Waals surface area (Å²) in [4.78, 5) is 0.351. The fourth-order valence-electron chi connectivity index (χ4n) is 2.50. The van der Waals surface area contributed by atoms with Crippen LogP contribution in [-0.2, 0) is 10.0 Å². The molecule has 0 aliphatic carbocycles. The van der Waals surface area contributed by atoms with Gasteiger partial charge in [-0.3, -0.25) is 0 Å². The molecule has 2 heterocycles. The Bertz CT molecular complexity index is 707. The van der Waals surface area contributed by atoms with Crippen molar-refractivity contribution in [1.29, 1.82) is 0 Å². The molecule has 0 spiro atoms. The summed E-state index contributed by atoms with van der Waals surface area (Å²) in [5.74, 6) is 0.252. The number of sulfonamides is 1. The topological polar surface area (TPSA) is 89.2 Å². The molecule has 1 fully saturated rings. The SMILES string of the molecule is Nc1nnc(C2CCN(S(=O)(=O)c3ccccc3)CC2)s1. The monoisotopic (exact) mass is 324 g/mol. The molecule has 21 heavy (non-hydrogen) atoms. The number of anilines is 1. The van der Waals surface area contributed by atoms with Gasteiger partial charge >= 0.3 is 0 Å². The molecular formula is C13H16N4O2S2.